The Kier molecular flexibility index (Phi) is 5.72. The fourth-order valence-corrected chi connectivity index (χ4v) is 1.64. The summed E-state index contributed by atoms with van der Waals surface area (Å²) in [5.74, 6) is -0.126. The molecule has 0 saturated heterocycles. The molecule has 1 aromatic carbocycles. The standard InChI is InChI=1S/C15H23N3O3/c1-10(19)18-12-7-5-11(6-8-12)13(16)9-17-14(20)21-15(2,3)4/h5-8,13H,9,16H2,1-4H3,(H,17,20)(H,18,19). The average Bonchev–Trinajstić information content (AvgIpc) is 2.34. The van der Waals surface area contributed by atoms with Gasteiger partial charge in [0.2, 0.25) is 5.91 Å². The van der Waals surface area contributed by atoms with Crippen molar-refractivity contribution in [2.75, 3.05) is 11.9 Å². The summed E-state index contributed by atoms with van der Waals surface area (Å²) < 4.78 is 5.13. The van der Waals surface area contributed by atoms with E-state index in [0.29, 0.717) is 5.69 Å². The van der Waals surface area contributed by atoms with Crippen LogP contribution < -0.4 is 16.4 Å². The molecule has 0 aliphatic carbocycles. The van der Waals surface area contributed by atoms with Crippen molar-refractivity contribution in [2.45, 2.75) is 39.3 Å². The van der Waals surface area contributed by atoms with Crippen LogP contribution in [-0.4, -0.2) is 24.1 Å². The molecule has 0 heterocycles. The molecule has 6 heteroatoms. The highest BCUT2D eigenvalue weighted by Gasteiger charge is 2.16. The Balaban J connectivity index is 2.50. The third-order valence-corrected chi connectivity index (χ3v) is 2.52. The molecular weight excluding hydrogens is 270 g/mol. The van der Waals surface area contributed by atoms with Gasteiger partial charge in [-0.25, -0.2) is 4.79 Å². The van der Waals surface area contributed by atoms with Gasteiger partial charge in [0, 0.05) is 25.2 Å². The lowest BCUT2D eigenvalue weighted by atomic mass is 10.1. The maximum Gasteiger partial charge on any atom is 0.407 e. The third-order valence-electron chi connectivity index (χ3n) is 2.52. The van der Waals surface area contributed by atoms with Gasteiger partial charge in [-0.15, -0.1) is 0 Å². The molecule has 1 rings (SSSR count). The second-order valence-electron chi connectivity index (χ2n) is 5.79. The summed E-state index contributed by atoms with van der Waals surface area (Å²) >= 11 is 0. The van der Waals surface area contributed by atoms with Crippen molar-refractivity contribution in [3.8, 4) is 0 Å². The van der Waals surface area contributed by atoms with Gasteiger partial charge in [0.05, 0.1) is 0 Å². The van der Waals surface area contributed by atoms with Crippen molar-refractivity contribution in [1.82, 2.24) is 5.32 Å². The van der Waals surface area contributed by atoms with E-state index in [2.05, 4.69) is 10.6 Å². The topological polar surface area (TPSA) is 93.5 Å². The van der Waals surface area contributed by atoms with Crippen molar-refractivity contribution >= 4 is 17.7 Å². The zero-order valence-electron chi connectivity index (χ0n) is 12.9. The monoisotopic (exact) mass is 293 g/mol. The van der Waals surface area contributed by atoms with Crippen LogP contribution >= 0.6 is 0 Å². The average molecular weight is 293 g/mol. The number of anilines is 1. The minimum Gasteiger partial charge on any atom is -0.444 e. The summed E-state index contributed by atoms with van der Waals surface area (Å²) in [5.41, 5.74) is 7.04. The van der Waals surface area contributed by atoms with Crippen LogP contribution in [0.2, 0.25) is 0 Å². The van der Waals surface area contributed by atoms with E-state index >= 15 is 0 Å². The number of rotatable bonds is 4. The molecule has 0 aliphatic heterocycles. The second-order valence-corrected chi connectivity index (χ2v) is 5.79. The summed E-state index contributed by atoms with van der Waals surface area (Å²) in [6, 6.07) is 6.82. The SMILES string of the molecule is CC(=O)Nc1ccc(C(N)CNC(=O)OC(C)(C)C)cc1. The van der Waals surface area contributed by atoms with Gasteiger partial charge in [-0.2, -0.15) is 0 Å². The van der Waals surface area contributed by atoms with Crippen LogP contribution in [0.15, 0.2) is 24.3 Å². The largest absolute Gasteiger partial charge is 0.444 e. The molecule has 4 N–H and O–H groups in total. The Bertz CT molecular complexity index is 492. The quantitative estimate of drug-likeness (QED) is 0.793. The summed E-state index contributed by atoms with van der Waals surface area (Å²) in [6.45, 7) is 7.12. The van der Waals surface area contributed by atoms with Gasteiger partial charge in [-0.3, -0.25) is 4.79 Å². The molecule has 1 atom stereocenters. The lowest BCUT2D eigenvalue weighted by Gasteiger charge is -2.21. The first-order chi connectivity index (χ1) is 9.67. The molecule has 0 aromatic heterocycles. The Morgan fingerprint density at radius 2 is 1.81 bits per heavy atom. The van der Waals surface area contributed by atoms with Gasteiger partial charge in [0.1, 0.15) is 5.60 Å². The van der Waals surface area contributed by atoms with Gasteiger partial charge >= 0.3 is 6.09 Å². The number of amides is 2. The summed E-state index contributed by atoms with van der Waals surface area (Å²) in [5, 5.41) is 5.31. The lowest BCUT2D eigenvalue weighted by Crippen LogP contribution is -2.36. The Morgan fingerprint density at radius 3 is 2.29 bits per heavy atom. The molecule has 116 valence electrons. The highest BCUT2D eigenvalue weighted by Crippen LogP contribution is 2.14. The van der Waals surface area contributed by atoms with E-state index in [9.17, 15) is 9.59 Å². The van der Waals surface area contributed by atoms with Crippen LogP contribution in [0.5, 0.6) is 0 Å². The Labute approximate surface area is 125 Å². The van der Waals surface area contributed by atoms with Crippen LogP contribution in [0.4, 0.5) is 10.5 Å². The van der Waals surface area contributed by atoms with E-state index in [1.165, 1.54) is 6.92 Å². The number of nitrogens with two attached hydrogens (primary N) is 1. The number of benzene rings is 1. The first kappa shape index (κ1) is 17.0. The van der Waals surface area contributed by atoms with E-state index in [0.717, 1.165) is 5.56 Å². The Hall–Kier alpha value is -2.08. The molecule has 0 saturated carbocycles. The molecule has 0 spiro atoms. The number of carbonyl (C=O) groups is 2. The first-order valence-corrected chi connectivity index (χ1v) is 6.77. The predicted octanol–water partition coefficient (Wildman–Crippen LogP) is 2.17. The lowest BCUT2D eigenvalue weighted by molar-refractivity contribution is -0.114. The van der Waals surface area contributed by atoms with Crippen molar-refractivity contribution < 1.29 is 14.3 Å². The summed E-state index contributed by atoms with van der Waals surface area (Å²) in [6.07, 6.45) is -0.493. The van der Waals surface area contributed by atoms with Crippen LogP contribution in [0.25, 0.3) is 0 Å². The molecule has 0 aliphatic rings. The smallest absolute Gasteiger partial charge is 0.407 e. The van der Waals surface area contributed by atoms with E-state index in [1.807, 2.05) is 12.1 Å². The number of hydrogen-bond donors (Lipinski definition) is 3. The number of ether oxygens (including phenoxy) is 1. The highest BCUT2D eigenvalue weighted by atomic mass is 16.6. The second kappa shape index (κ2) is 7.08. The number of alkyl carbamates (subject to hydrolysis) is 1. The maximum absolute atomic E-state index is 11.5. The molecule has 0 radical (unpaired) electrons. The fourth-order valence-electron chi connectivity index (χ4n) is 1.64. The van der Waals surface area contributed by atoms with Crippen molar-refractivity contribution in [3.63, 3.8) is 0 Å². The Morgan fingerprint density at radius 1 is 1.24 bits per heavy atom. The van der Waals surface area contributed by atoms with Crippen LogP contribution in [0.1, 0.15) is 39.3 Å². The third kappa shape index (κ3) is 6.76. The maximum atomic E-state index is 11.5. The van der Waals surface area contributed by atoms with Crippen LogP contribution in [0, 0.1) is 0 Å². The van der Waals surface area contributed by atoms with Crippen molar-refractivity contribution in [3.05, 3.63) is 29.8 Å². The minimum absolute atomic E-state index is 0.126. The number of hydrogen-bond acceptors (Lipinski definition) is 4. The van der Waals surface area contributed by atoms with Crippen molar-refractivity contribution in [1.29, 1.82) is 0 Å². The fraction of sp³-hybridized carbons (Fsp3) is 0.467. The molecule has 1 aromatic rings. The summed E-state index contributed by atoms with van der Waals surface area (Å²) in [7, 11) is 0. The predicted molar refractivity (Wildman–Crippen MR) is 81.9 cm³/mol. The van der Waals surface area contributed by atoms with Crippen LogP contribution in [-0.2, 0) is 9.53 Å². The molecular formula is C15H23N3O3. The van der Waals surface area contributed by atoms with Gasteiger partial charge < -0.3 is 21.1 Å². The normalized spacial score (nSPS) is 12.4. The molecule has 0 bridgehead atoms. The molecule has 21 heavy (non-hydrogen) atoms. The zero-order chi connectivity index (χ0) is 16.0. The van der Waals surface area contributed by atoms with Crippen LogP contribution in [0.3, 0.4) is 0 Å². The van der Waals surface area contributed by atoms with Gasteiger partial charge in [-0.05, 0) is 38.5 Å². The molecule has 2 amide bonds. The number of nitrogens with one attached hydrogen (secondary N) is 2. The molecule has 1 unspecified atom stereocenters. The van der Waals surface area contributed by atoms with Gasteiger partial charge in [0.25, 0.3) is 0 Å². The van der Waals surface area contributed by atoms with E-state index in [-0.39, 0.29) is 18.5 Å². The molecule has 0 fully saturated rings. The van der Waals surface area contributed by atoms with E-state index in [1.54, 1.807) is 32.9 Å². The number of carbonyl (C=O) groups excluding carboxylic acids is 2. The molecule has 6 nitrogen and oxygen atoms in total. The zero-order valence-corrected chi connectivity index (χ0v) is 12.9. The van der Waals surface area contributed by atoms with E-state index < -0.39 is 11.7 Å². The van der Waals surface area contributed by atoms with Crippen molar-refractivity contribution in [2.24, 2.45) is 5.73 Å². The summed E-state index contributed by atoms with van der Waals surface area (Å²) in [4.78, 5) is 22.5. The van der Waals surface area contributed by atoms with Gasteiger partial charge in [-0.1, -0.05) is 12.1 Å². The minimum atomic E-state index is -0.534. The highest BCUT2D eigenvalue weighted by molar-refractivity contribution is 5.88. The van der Waals surface area contributed by atoms with E-state index in [4.69, 9.17) is 10.5 Å². The van der Waals surface area contributed by atoms with Gasteiger partial charge in [0.15, 0.2) is 0 Å². The first-order valence-electron chi connectivity index (χ1n) is 6.77.